The third-order valence-electron chi connectivity index (χ3n) is 11.6. The number of phosphoric acid groups is 1. The van der Waals surface area contributed by atoms with Crippen molar-refractivity contribution >= 4 is 19.8 Å². The molecule has 65 heavy (non-hydrogen) atoms. The third-order valence-corrected chi connectivity index (χ3v) is 12.5. The molecule has 0 fully saturated rings. The highest BCUT2D eigenvalue weighted by Gasteiger charge is 2.21. The van der Waals surface area contributed by atoms with Gasteiger partial charge < -0.3 is 27.9 Å². The standard InChI is InChI=1S/C55H102NO8P/c1-6-8-10-12-14-16-18-20-22-23-24-25-26-27-28-29-30-31-32-33-34-36-38-40-42-44-46-48-55(58)64-53(52-63-65(59,60)62-50-49-56(3,4)5)51-61-54(57)47-45-43-41-39-37-35-21-19-17-15-13-11-9-7-2/h18-21,23-24,26-27,53H,6-17,22,25,28-52H2,1-5H3/b20-18-,21-19-,24-23-,27-26-. The van der Waals surface area contributed by atoms with Crippen LogP contribution >= 0.6 is 7.82 Å². The summed E-state index contributed by atoms with van der Waals surface area (Å²) in [5.41, 5.74) is 0. The number of unbranched alkanes of at least 4 members (excludes halogenated alkanes) is 27. The van der Waals surface area contributed by atoms with Crippen LogP contribution in [0.4, 0.5) is 0 Å². The topological polar surface area (TPSA) is 111 Å². The van der Waals surface area contributed by atoms with Gasteiger partial charge in [-0.25, -0.2) is 0 Å². The SMILES string of the molecule is CCCCCCC/C=C\C/C=C\C/C=C\CCCCCCCCCCCCCCC(=O)OC(COC(=O)CCCCCCC/C=C\CCCCCCC)COP(=O)([O-])OCC[N+](C)(C)C. The number of hydrogen-bond acceptors (Lipinski definition) is 8. The molecule has 0 aliphatic carbocycles. The van der Waals surface area contributed by atoms with Crippen molar-refractivity contribution in [2.75, 3.05) is 47.5 Å². The maximum absolute atomic E-state index is 12.8. The molecule has 0 aromatic rings. The Morgan fingerprint density at radius 3 is 1.25 bits per heavy atom. The average molecular weight is 936 g/mol. The first kappa shape index (κ1) is 63.0. The van der Waals surface area contributed by atoms with Gasteiger partial charge in [-0.05, 0) is 77.0 Å². The van der Waals surface area contributed by atoms with Crippen molar-refractivity contribution < 1.29 is 42.1 Å². The number of esters is 2. The third kappa shape index (κ3) is 51.2. The van der Waals surface area contributed by atoms with E-state index in [-0.39, 0.29) is 26.1 Å². The molecule has 0 aliphatic heterocycles. The number of quaternary nitrogens is 1. The number of rotatable bonds is 49. The Bertz CT molecular complexity index is 1240. The van der Waals surface area contributed by atoms with Crippen LogP contribution in [0, 0.1) is 0 Å². The molecule has 0 heterocycles. The molecule has 0 rings (SSSR count). The molecule has 10 heteroatoms. The summed E-state index contributed by atoms with van der Waals surface area (Å²) in [5.74, 6) is -0.841. The van der Waals surface area contributed by atoms with Crippen molar-refractivity contribution in [1.29, 1.82) is 0 Å². The van der Waals surface area contributed by atoms with Gasteiger partial charge in [0, 0.05) is 12.8 Å². The number of carbonyl (C=O) groups is 2. The first-order valence-electron chi connectivity index (χ1n) is 26.8. The van der Waals surface area contributed by atoms with Gasteiger partial charge in [0.05, 0.1) is 27.7 Å². The number of ether oxygens (including phenoxy) is 2. The fraction of sp³-hybridized carbons (Fsp3) is 0.818. The molecule has 0 saturated heterocycles. The molecule has 0 aromatic heterocycles. The van der Waals surface area contributed by atoms with E-state index in [4.69, 9.17) is 18.5 Å². The van der Waals surface area contributed by atoms with E-state index in [0.717, 1.165) is 70.6 Å². The molecule has 0 amide bonds. The van der Waals surface area contributed by atoms with Gasteiger partial charge in [0.2, 0.25) is 0 Å². The Hall–Kier alpha value is -2.03. The number of phosphoric ester groups is 1. The monoisotopic (exact) mass is 936 g/mol. The van der Waals surface area contributed by atoms with Gasteiger partial charge in [-0.15, -0.1) is 0 Å². The summed E-state index contributed by atoms with van der Waals surface area (Å²) in [6.07, 6.45) is 57.2. The maximum atomic E-state index is 12.8. The van der Waals surface area contributed by atoms with Crippen molar-refractivity contribution in [3.05, 3.63) is 48.6 Å². The van der Waals surface area contributed by atoms with Crippen LogP contribution in [-0.2, 0) is 32.7 Å². The molecule has 0 spiro atoms. The Morgan fingerprint density at radius 1 is 0.477 bits per heavy atom. The molecule has 0 aliphatic rings. The first-order valence-corrected chi connectivity index (χ1v) is 28.3. The van der Waals surface area contributed by atoms with Crippen molar-refractivity contribution in [2.45, 2.75) is 245 Å². The average Bonchev–Trinajstić information content (AvgIpc) is 3.26. The minimum atomic E-state index is -4.63. The van der Waals surface area contributed by atoms with E-state index in [1.165, 1.54) is 135 Å². The minimum absolute atomic E-state index is 0.0329. The number of nitrogens with zero attached hydrogens (tertiary/aromatic N) is 1. The maximum Gasteiger partial charge on any atom is 0.306 e. The van der Waals surface area contributed by atoms with Crippen molar-refractivity contribution in [2.24, 2.45) is 0 Å². The lowest BCUT2D eigenvalue weighted by Gasteiger charge is -2.28. The lowest BCUT2D eigenvalue weighted by atomic mass is 10.0. The second-order valence-electron chi connectivity index (χ2n) is 19.2. The lowest BCUT2D eigenvalue weighted by Crippen LogP contribution is -2.37. The fourth-order valence-corrected chi connectivity index (χ4v) is 8.09. The van der Waals surface area contributed by atoms with Crippen LogP contribution in [0.15, 0.2) is 48.6 Å². The van der Waals surface area contributed by atoms with Gasteiger partial charge in [0.1, 0.15) is 19.8 Å². The summed E-state index contributed by atoms with van der Waals surface area (Å²) < 4.78 is 34.0. The largest absolute Gasteiger partial charge is 0.756 e. The van der Waals surface area contributed by atoms with Gasteiger partial charge in [-0.2, -0.15) is 0 Å². The smallest absolute Gasteiger partial charge is 0.306 e. The van der Waals surface area contributed by atoms with Gasteiger partial charge >= 0.3 is 11.9 Å². The normalized spacial score (nSPS) is 13.8. The van der Waals surface area contributed by atoms with E-state index in [2.05, 4.69) is 62.5 Å². The molecule has 2 atom stereocenters. The lowest BCUT2D eigenvalue weighted by molar-refractivity contribution is -0.870. The van der Waals surface area contributed by atoms with Crippen LogP contribution in [0.1, 0.15) is 239 Å². The Balaban J connectivity index is 4.17. The van der Waals surface area contributed by atoms with E-state index in [9.17, 15) is 19.0 Å². The second kappa shape index (κ2) is 47.1. The summed E-state index contributed by atoms with van der Waals surface area (Å²) in [6.45, 7) is 4.22. The molecular formula is C55H102NO8P. The zero-order chi connectivity index (χ0) is 47.8. The minimum Gasteiger partial charge on any atom is -0.756 e. The molecule has 0 saturated carbocycles. The van der Waals surface area contributed by atoms with Crippen LogP contribution in [0.3, 0.4) is 0 Å². The number of allylic oxidation sites excluding steroid dienone is 8. The van der Waals surface area contributed by atoms with Crippen LogP contribution in [0.25, 0.3) is 0 Å². The van der Waals surface area contributed by atoms with E-state index in [1.54, 1.807) is 0 Å². The van der Waals surface area contributed by atoms with Crippen molar-refractivity contribution in [1.82, 2.24) is 0 Å². The fourth-order valence-electron chi connectivity index (χ4n) is 7.36. The highest BCUT2D eigenvalue weighted by Crippen LogP contribution is 2.38. The van der Waals surface area contributed by atoms with Crippen molar-refractivity contribution in [3.8, 4) is 0 Å². The molecule has 2 unspecified atom stereocenters. The highest BCUT2D eigenvalue weighted by atomic mass is 31.2. The van der Waals surface area contributed by atoms with Crippen LogP contribution in [0.5, 0.6) is 0 Å². The number of carbonyl (C=O) groups excluding carboxylic acids is 2. The van der Waals surface area contributed by atoms with Gasteiger partial charge in [-0.1, -0.05) is 197 Å². The Labute approximate surface area is 401 Å². The predicted octanol–water partition coefficient (Wildman–Crippen LogP) is 15.6. The van der Waals surface area contributed by atoms with Gasteiger partial charge in [0.25, 0.3) is 7.82 Å². The van der Waals surface area contributed by atoms with Gasteiger partial charge in [-0.3, -0.25) is 14.2 Å². The molecule has 0 aromatic carbocycles. The summed E-state index contributed by atoms with van der Waals surface area (Å²) in [4.78, 5) is 37.7. The first-order chi connectivity index (χ1) is 31.5. The zero-order valence-electron chi connectivity index (χ0n) is 42.9. The van der Waals surface area contributed by atoms with Crippen molar-refractivity contribution in [3.63, 3.8) is 0 Å². The number of likely N-dealkylation sites (N-methyl/N-ethyl adjacent to an activating group) is 1. The van der Waals surface area contributed by atoms with E-state index >= 15 is 0 Å². The van der Waals surface area contributed by atoms with Gasteiger partial charge in [0.15, 0.2) is 6.10 Å². The highest BCUT2D eigenvalue weighted by molar-refractivity contribution is 7.45. The summed E-state index contributed by atoms with van der Waals surface area (Å²) in [5, 5.41) is 0. The van der Waals surface area contributed by atoms with Crippen LogP contribution in [0.2, 0.25) is 0 Å². The summed E-state index contributed by atoms with van der Waals surface area (Å²) >= 11 is 0. The van der Waals surface area contributed by atoms with E-state index in [1.807, 2.05) is 21.1 Å². The van der Waals surface area contributed by atoms with E-state index in [0.29, 0.717) is 17.4 Å². The van der Waals surface area contributed by atoms with Crippen LogP contribution in [-0.4, -0.2) is 70.0 Å². The molecule has 0 bridgehead atoms. The molecule has 0 N–H and O–H groups in total. The summed E-state index contributed by atoms with van der Waals surface area (Å²) in [7, 11) is 1.16. The molecule has 9 nitrogen and oxygen atoms in total. The predicted molar refractivity (Wildman–Crippen MR) is 273 cm³/mol. The Morgan fingerprint density at radius 2 is 0.831 bits per heavy atom. The molecule has 380 valence electrons. The van der Waals surface area contributed by atoms with E-state index < -0.39 is 32.5 Å². The quantitative estimate of drug-likeness (QED) is 0.0195. The zero-order valence-corrected chi connectivity index (χ0v) is 43.8. The Kier molecular flexibility index (Phi) is 45.6. The molecule has 0 radical (unpaired) electrons. The second-order valence-corrected chi connectivity index (χ2v) is 20.6. The molecular weight excluding hydrogens is 834 g/mol. The van der Waals surface area contributed by atoms with Crippen LogP contribution < -0.4 is 4.89 Å². The summed E-state index contributed by atoms with van der Waals surface area (Å²) in [6, 6.07) is 0. The number of hydrogen-bond donors (Lipinski definition) is 0.